The van der Waals surface area contributed by atoms with Gasteiger partial charge in [-0.25, -0.2) is 0 Å². The zero-order chi connectivity index (χ0) is 11.1. The van der Waals surface area contributed by atoms with Gasteiger partial charge in [-0.05, 0) is 18.6 Å². The summed E-state index contributed by atoms with van der Waals surface area (Å²) >= 11 is 1.74. The van der Waals surface area contributed by atoms with Crippen LogP contribution in [0.25, 0.3) is 0 Å². The van der Waals surface area contributed by atoms with Gasteiger partial charge in [0, 0.05) is 11.8 Å². The van der Waals surface area contributed by atoms with Crippen LogP contribution in [0.3, 0.4) is 0 Å². The van der Waals surface area contributed by atoms with E-state index in [0.29, 0.717) is 0 Å². The number of amides is 1. The summed E-state index contributed by atoms with van der Waals surface area (Å²) in [5.74, 6) is 1.12. The first kappa shape index (κ1) is 13.8. The third kappa shape index (κ3) is 4.86. The Morgan fingerprint density at radius 2 is 2.07 bits per heavy atom. The molecular weight excluding hydrogens is 196 g/mol. The van der Waals surface area contributed by atoms with Crippen LogP contribution in [0.15, 0.2) is 0 Å². The third-order valence-corrected chi connectivity index (χ3v) is 2.96. The summed E-state index contributed by atoms with van der Waals surface area (Å²) in [6.45, 7) is 5.99. The van der Waals surface area contributed by atoms with Crippen molar-refractivity contribution in [3.05, 3.63) is 0 Å². The minimum absolute atomic E-state index is 0.0269. The lowest BCUT2D eigenvalue weighted by Crippen LogP contribution is -2.48. The topological polar surface area (TPSA) is 55.1 Å². The predicted molar refractivity (Wildman–Crippen MR) is 63.4 cm³/mol. The number of rotatable bonds is 6. The largest absolute Gasteiger partial charge is 0.351 e. The molecule has 84 valence electrons. The summed E-state index contributed by atoms with van der Waals surface area (Å²) in [5, 5.41) is 2.96. The van der Waals surface area contributed by atoms with Crippen molar-refractivity contribution in [2.45, 2.75) is 39.3 Å². The first-order chi connectivity index (χ1) is 6.52. The van der Waals surface area contributed by atoms with Crippen molar-refractivity contribution in [2.75, 3.05) is 12.0 Å². The van der Waals surface area contributed by atoms with Gasteiger partial charge in [0.1, 0.15) is 0 Å². The molecule has 0 spiro atoms. The molecule has 14 heavy (non-hydrogen) atoms. The van der Waals surface area contributed by atoms with Crippen LogP contribution in [-0.2, 0) is 4.79 Å². The Morgan fingerprint density at radius 3 is 2.43 bits per heavy atom. The molecule has 3 nitrogen and oxygen atoms in total. The highest BCUT2D eigenvalue weighted by atomic mass is 32.2. The van der Waals surface area contributed by atoms with Gasteiger partial charge in [-0.3, -0.25) is 4.79 Å². The quantitative estimate of drug-likeness (QED) is 0.705. The molecule has 0 aromatic heterocycles. The van der Waals surface area contributed by atoms with E-state index in [9.17, 15) is 4.79 Å². The van der Waals surface area contributed by atoms with E-state index in [1.54, 1.807) is 11.8 Å². The molecule has 1 unspecified atom stereocenters. The van der Waals surface area contributed by atoms with Crippen molar-refractivity contribution < 1.29 is 4.79 Å². The summed E-state index contributed by atoms with van der Waals surface area (Å²) < 4.78 is 0. The molecule has 1 amide bonds. The fraction of sp³-hybridized carbons (Fsp3) is 0.900. The van der Waals surface area contributed by atoms with Crippen LogP contribution in [0.4, 0.5) is 0 Å². The average molecular weight is 218 g/mol. The first-order valence-electron chi connectivity index (χ1n) is 5.07. The van der Waals surface area contributed by atoms with E-state index in [-0.39, 0.29) is 23.9 Å². The number of nitrogens with one attached hydrogen (secondary N) is 1. The van der Waals surface area contributed by atoms with Crippen LogP contribution in [0.2, 0.25) is 0 Å². The molecule has 4 heteroatoms. The van der Waals surface area contributed by atoms with Crippen LogP contribution >= 0.6 is 11.8 Å². The van der Waals surface area contributed by atoms with Gasteiger partial charge in [0.05, 0.1) is 6.04 Å². The van der Waals surface area contributed by atoms with Gasteiger partial charge >= 0.3 is 0 Å². The van der Waals surface area contributed by atoms with E-state index in [4.69, 9.17) is 5.73 Å². The van der Waals surface area contributed by atoms with Crippen LogP contribution in [0.1, 0.15) is 27.2 Å². The monoisotopic (exact) mass is 218 g/mol. The minimum atomic E-state index is -0.383. The molecule has 0 bridgehead atoms. The molecule has 2 atom stereocenters. The van der Waals surface area contributed by atoms with E-state index >= 15 is 0 Å². The first-order valence-corrected chi connectivity index (χ1v) is 6.47. The van der Waals surface area contributed by atoms with Crippen molar-refractivity contribution in [1.29, 1.82) is 0 Å². The zero-order valence-electron chi connectivity index (χ0n) is 9.54. The van der Waals surface area contributed by atoms with Gasteiger partial charge in [-0.1, -0.05) is 20.8 Å². The van der Waals surface area contributed by atoms with Crippen molar-refractivity contribution in [3.63, 3.8) is 0 Å². The van der Waals surface area contributed by atoms with Gasteiger partial charge in [-0.2, -0.15) is 11.8 Å². The van der Waals surface area contributed by atoms with Gasteiger partial charge in [0.2, 0.25) is 5.91 Å². The Hall–Kier alpha value is -0.220. The summed E-state index contributed by atoms with van der Waals surface area (Å²) in [6, 6.07) is -0.131. The maximum absolute atomic E-state index is 11.6. The molecule has 0 aromatic rings. The summed E-state index contributed by atoms with van der Waals surface area (Å²) in [7, 11) is 0. The second-order valence-corrected chi connectivity index (χ2v) is 4.75. The Labute approximate surface area is 91.2 Å². The Balaban J connectivity index is 4.01. The molecule has 0 aliphatic rings. The zero-order valence-corrected chi connectivity index (χ0v) is 10.4. The van der Waals surface area contributed by atoms with Gasteiger partial charge in [0.15, 0.2) is 0 Å². The Bertz CT molecular complexity index is 174. The normalized spacial score (nSPS) is 15.3. The fourth-order valence-electron chi connectivity index (χ4n) is 1.06. The molecule has 0 aliphatic heterocycles. The van der Waals surface area contributed by atoms with E-state index in [0.717, 1.165) is 12.2 Å². The van der Waals surface area contributed by atoms with Gasteiger partial charge in [-0.15, -0.1) is 0 Å². The number of thioether (sulfide) groups is 1. The van der Waals surface area contributed by atoms with Crippen molar-refractivity contribution in [2.24, 2.45) is 11.7 Å². The van der Waals surface area contributed by atoms with E-state index in [1.807, 2.05) is 20.1 Å². The van der Waals surface area contributed by atoms with Crippen LogP contribution in [0.5, 0.6) is 0 Å². The highest BCUT2D eigenvalue weighted by Gasteiger charge is 2.19. The number of carbonyl (C=O) groups excluding carboxylic acids is 1. The lowest BCUT2D eigenvalue weighted by molar-refractivity contribution is -0.123. The van der Waals surface area contributed by atoms with Crippen LogP contribution in [0, 0.1) is 5.92 Å². The highest BCUT2D eigenvalue weighted by Crippen LogP contribution is 2.03. The van der Waals surface area contributed by atoms with E-state index in [2.05, 4.69) is 12.2 Å². The lowest BCUT2D eigenvalue weighted by atomic mass is 10.0. The van der Waals surface area contributed by atoms with Crippen molar-refractivity contribution in [1.82, 2.24) is 5.32 Å². The summed E-state index contributed by atoms with van der Waals surface area (Å²) in [4.78, 5) is 11.6. The average Bonchev–Trinajstić information content (AvgIpc) is 2.15. The Kier molecular flexibility index (Phi) is 7.01. The number of hydrogen-bond donors (Lipinski definition) is 2. The molecule has 0 aromatic carbocycles. The van der Waals surface area contributed by atoms with Crippen LogP contribution < -0.4 is 11.1 Å². The van der Waals surface area contributed by atoms with Gasteiger partial charge in [0.25, 0.3) is 0 Å². The van der Waals surface area contributed by atoms with E-state index < -0.39 is 0 Å². The third-order valence-electron chi connectivity index (χ3n) is 2.23. The van der Waals surface area contributed by atoms with Crippen LogP contribution in [-0.4, -0.2) is 30.0 Å². The fourth-order valence-corrected chi connectivity index (χ4v) is 1.78. The van der Waals surface area contributed by atoms with Crippen molar-refractivity contribution in [3.8, 4) is 0 Å². The highest BCUT2D eigenvalue weighted by molar-refractivity contribution is 7.98. The lowest BCUT2D eigenvalue weighted by Gasteiger charge is -2.20. The molecule has 0 heterocycles. The smallest absolute Gasteiger partial charge is 0.237 e. The standard InChI is InChI=1S/C10H22N2OS/c1-5-8(6-14-4)12-10(13)9(11)7(2)3/h7-9H,5-6,11H2,1-4H3,(H,12,13)/t8?,9-/m0/s1. The number of nitrogens with two attached hydrogens (primary N) is 1. The van der Waals surface area contributed by atoms with Crippen molar-refractivity contribution >= 4 is 17.7 Å². The SMILES string of the molecule is CCC(CSC)NC(=O)[C@@H](N)C(C)C. The number of hydrogen-bond acceptors (Lipinski definition) is 3. The summed E-state index contributed by atoms with van der Waals surface area (Å²) in [5.41, 5.74) is 5.74. The molecule has 0 radical (unpaired) electrons. The minimum Gasteiger partial charge on any atom is -0.351 e. The molecule has 0 rings (SSSR count). The number of carbonyl (C=O) groups is 1. The predicted octanol–water partition coefficient (Wildman–Crippen LogP) is 1.23. The molecular formula is C10H22N2OS. The molecule has 0 fully saturated rings. The second-order valence-electron chi connectivity index (χ2n) is 3.84. The maximum atomic E-state index is 11.6. The summed E-state index contributed by atoms with van der Waals surface area (Å²) in [6.07, 6.45) is 2.99. The van der Waals surface area contributed by atoms with Gasteiger partial charge < -0.3 is 11.1 Å². The molecule has 0 saturated carbocycles. The molecule has 3 N–H and O–H groups in total. The molecule has 0 aliphatic carbocycles. The second kappa shape index (κ2) is 7.12. The molecule has 0 saturated heterocycles. The maximum Gasteiger partial charge on any atom is 0.237 e. The van der Waals surface area contributed by atoms with E-state index in [1.165, 1.54) is 0 Å². The Morgan fingerprint density at radius 1 is 1.50 bits per heavy atom.